The molecule has 2 heterocycles. The van der Waals surface area contributed by atoms with Crippen LogP contribution in [0.15, 0.2) is 29.2 Å². The minimum absolute atomic E-state index is 0.0266. The van der Waals surface area contributed by atoms with E-state index in [2.05, 4.69) is 0 Å². The Morgan fingerprint density at radius 3 is 2.86 bits per heavy atom. The topological polar surface area (TPSA) is 38.8 Å². The van der Waals surface area contributed by atoms with E-state index >= 15 is 0 Å². The van der Waals surface area contributed by atoms with Gasteiger partial charge < -0.3 is 9.47 Å². The lowest BCUT2D eigenvalue weighted by Crippen LogP contribution is -2.35. The van der Waals surface area contributed by atoms with Crippen LogP contribution in [0.2, 0.25) is 0 Å². The Kier molecular flexibility index (Phi) is 4.81. The summed E-state index contributed by atoms with van der Waals surface area (Å²) in [6.07, 6.45) is 4.03. The highest BCUT2D eigenvalue weighted by atomic mass is 32.2. The number of carbonyl (C=O) groups excluding carboxylic acids is 1. The Balaban J connectivity index is 1.72. The summed E-state index contributed by atoms with van der Waals surface area (Å²) in [5, 5.41) is 0. The van der Waals surface area contributed by atoms with Crippen molar-refractivity contribution in [3.05, 3.63) is 34.7 Å². The summed E-state index contributed by atoms with van der Waals surface area (Å²) >= 11 is 6.69. The number of amides is 1. The average molecular weight is 335 g/mol. The number of ether oxygens (including phenoxy) is 2. The van der Waals surface area contributed by atoms with Crippen LogP contribution in [0, 0.1) is 0 Å². The lowest BCUT2D eigenvalue weighted by atomic mass is 10.2. The number of thiocarbonyl (C=S) groups is 1. The fraction of sp³-hybridized carbons (Fsp3) is 0.375. The summed E-state index contributed by atoms with van der Waals surface area (Å²) in [6, 6.07) is 7.59. The van der Waals surface area contributed by atoms with Crippen LogP contribution in [0.1, 0.15) is 18.4 Å². The smallest absolute Gasteiger partial charge is 0.266 e. The van der Waals surface area contributed by atoms with E-state index in [0.717, 1.165) is 30.8 Å². The largest absolute Gasteiger partial charge is 0.497 e. The number of carbonyl (C=O) groups is 1. The van der Waals surface area contributed by atoms with E-state index < -0.39 is 0 Å². The zero-order valence-electron chi connectivity index (χ0n) is 12.3. The van der Waals surface area contributed by atoms with Crippen molar-refractivity contribution in [2.24, 2.45) is 0 Å². The van der Waals surface area contributed by atoms with Gasteiger partial charge in [-0.1, -0.05) is 36.1 Å². The summed E-state index contributed by atoms with van der Waals surface area (Å²) in [4.78, 5) is 14.8. The first-order chi connectivity index (χ1) is 10.7. The van der Waals surface area contributed by atoms with Crippen molar-refractivity contribution in [3.8, 4) is 5.75 Å². The maximum atomic E-state index is 12.5. The van der Waals surface area contributed by atoms with Crippen LogP contribution in [-0.4, -0.2) is 41.5 Å². The zero-order chi connectivity index (χ0) is 15.5. The van der Waals surface area contributed by atoms with Crippen LogP contribution in [0.3, 0.4) is 0 Å². The number of rotatable bonds is 4. The molecule has 2 aliphatic heterocycles. The van der Waals surface area contributed by atoms with E-state index in [1.54, 1.807) is 12.0 Å². The predicted octanol–water partition coefficient (Wildman–Crippen LogP) is 3.08. The van der Waals surface area contributed by atoms with Gasteiger partial charge in [-0.2, -0.15) is 0 Å². The van der Waals surface area contributed by atoms with Crippen LogP contribution >= 0.6 is 24.0 Å². The van der Waals surface area contributed by atoms with Gasteiger partial charge in [0.15, 0.2) is 0 Å². The molecule has 2 fully saturated rings. The number of benzene rings is 1. The third kappa shape index (κ3) is 3.34. The molecule has 0 N–H and O–H groups in total. The molecule has 0 spiro atoms. The summed E-state index contributed by atoms with van der Waals surface area (Å²) in [5.74, 6) is 0.768. The van der Waals surface area contributed by atoms with Gasteiger partial charge in [-0.3, -0.25) is 9.69 Å². The van der Waals surface area contributed by atoms with E-state index in [1.165, 1.54) is 11.8 Å². The molecular formula is C16H17NO3S2. The second-order valence-electron chi connectivity index (χ2n) is 5.20. The van der Waals surface area contributed by atoms with Crippen LogP contribution < -0.4 is 4.74 Å². The van der Waals surface area contributed by atoms with Crippen molar-refractivity contribution in [2.45, 2.75) is 18.9 Å². The van der Waals surface area contributed by atoms with Gasteiger partial charge in [0.1, 0.15) is 10.1 Å². The van der Waals surface area contributed by atoms with Gasteiger partial charge in [-0.05, 0) is 36.6 Å². The molecule has 2 aliphatic rings. The Hall–Kier alpha value is -1.37. The van der Waals surface area contributed by atoms with E-state index in [1.807, 2.05) is 30.3 Å². The lowest BCUT2D eigenvalue weighted by molar-refractivity contribution is -0.123. The summed E-state index contributed by atoms with van der Waals surface area (Å²) in [7, 11) is 1.63. The standard InChI is InChI=1S/C16H17NO3S2/c1-19-12-6-4-11(5-7-12)9-14-15(18)17(16(21)22-14)10-13-3-2-8-20-13/h4-7,9,13H,2-3,8,10H2,1H3/b14-9+/t13-/m0/s1. The molecule has 2 saturated heterocycles. The highest BCUT2D eigenvalue weighted by Crippen LogP contribution is 2.33. The summed E-state index contributed by atoms with van der Waals surface area (Å²) in [5.41, 5.74) is 0.957. The normalized spacial score (nSPS) is 23.6. The first kappa shape index (κ1) is 15.5. The first-order valence-electron chi connectivity index (χ1n) is 7.18. The van der Waals surface area contributed by atoms with Gasteiger partial charge in [0.25, 0.3) is 5.91 Å². The Morgan fingerprint density at radius 1 is 1.45 bits per heavy atom. The van der Waals surface area contributed by atoms with Gasteiger partial charge >= 0.3 is 0 Å². The van der Waals surface area contributed by atoms with Crippen LogP contribution in [0.4, 0.5) is 0 Å². The fourth-order valence-corrected chi connectivity index (χ4v) is 3.78. The van der Waals surface area contributed by atoms with E-state index in [-0.39, 0.29) is 12.0 Å². The Morgan fingerprint density at radius 2 is 2.23 bits per heavy atom. The molecule has 1 aromatic carbocycles. The summed E-state index contributed by atoms with van der Waals surface area (Å²) in [6.45, 7) is 1.34. The highest BCUT2D eigenvalue weighted by Gasteiger charge is 2.34. The summed E-state index contributed by atoms with van der Waals surface area (Å²) < 4.78 is 11.3. The Labute approximate surface area is 139 Å². The molecule has 1 aromatic rings. The van der Waals surface area contributed by atoms with Gasteiger partial charge in [0.05, 0.1) is 24.7 Å². The van der Waals surface area contributed by atoms with Crippen molar-refractivity contribution in [3.63, 3.8) is 0 Å². The van der Waals surface area contributed by atoms with Crippen molar-refractivity contribution in [1.29, 1.82) is 0 Å². The molecular weight excluding hydrogens is 318 g/mol. The molecule has 3 rings (SSSR count). The quantitative estimate of drug-likeness (QED) is 0.624. The molecule has 0 aliphatic carbocycles. The van der Waals surface area contributed by atoms with Gasteiger partial charge in [-0.25, -0.2) is 0 Å². The van der Waals surface area contributed by atoms with Crippen LogP contribution in [0.25, 0.3) is 6.08 Å². The molecule has 1 atom stereocenters. The monoisotopic (exact) mass is 335 g/mol. The van der Waals surface area contributed by atoms with Gasteiger partial charge in [-0.15, -0.1) is 0 Å². The zero-order valence-corrected chi connectivity index (χ0v) is 13.9. The SMILES string of the molecule is COc1ccc(/C=C2/SC(=S)N(C[C@@H]3CCCO3)C2=O)cc1. The third-order valence-electron chi connectivity index (χ3n) is 3.70. The van der Waals surface area contributed by atoms with Gasteiger partial charge in [0.2, 0.25) is 0 Å². The van der Waals surface area contributed by atoms with Crippen molar-refractivity contribution < 1.29 is 14.3 Å². The van der Waals surface area contributed by atoms with Crippen molar-refractivity contribution in [1.82, 2.24) is 4.90 Å². The third-order valence-corrected chi connectivity index (χ3v) is 5.08. The first-order valence-corrected chi connectivity index (χ1v) is 8.41. The molecule has 0 bridgehead atoms. The molecule has 22 heavy (non-hydrogen) atoms. The molecule has 1 amide bonds. The van der Waals surface area contributed by atoms with Crippen molar-refractivity contribution >= 4 is 40.3 Å². The van der Waals surface area contributed by atoms with Crippen LogP contribution in [0.5, 0.6) is 5.75 Å². The van der Waals surface area contributed by atoms with E-state index in [0.29, 0.717) is 15.8 Å². The van der Waals surface area contributed by atoms with Gasteiger partial charge in [0, 0.05) is 6.61 Å². The van der Waals surface area contributed by atoms with Crippen molar-refractivity contribution in [2.75, 3.05) is 20.3 Å². The molecule has 116 valence electrons. The molecule has 0 unspecified atom stereocenters. The number of nitrogens with zero attached hydrogens (tertiary/aromatic N) is 1. The molecule has 6 heteroatoms. The number of thioether (sulfide) groups is 1. The van der Waals surface area contributed by atoms with E-state index in [9.17, 15) is 4.79 Å². The second-order valence-corrected chi connectivity index (χ2v) is 6.88. The number of hydrogen-bond donors (Lipinski definition) is 0. The molecule has 4 nitrogen and oxygen atoms in total. The van der Waals surface area contributed by atoms with Crippen LogP contribution in [-0.2, 0) is 9.53 Å². The fourth-order valence-electron chi connectivity index (χ4n) is 2.50. The maximum absolute atomic E-state index is 12.5. The maximum Gasteiger partial charge on any atom is 0.266 e. The minimum Gasteiger partial charge on any atom is -0.497 e. The molecule has 0 radical (unpaired) electrons. The molecule has 0 aromatic heterocycles. The second kappa shape index (κ2) is 6.81. The number of hydrogen-bond acceptors (Lipinski definition) is 5. The minimum atomic E-state index is -0.0266. The highest BCUT2D eigenvalue weighted by molar-refractivity contribution is 8.26. The predicted molar refractivity (Wildman–Crippen MR) is 91.8 cm³/mol. The average Bonchev–Trinajstić information content (AvgIpc) is 3.13. The number of methoxy groups -OCH3 is 1. The molecule has 0 saturated carbocycles. The Bertz CT molecular complexity index is 606. The van der Waals surface area contributed by atoms with E-state index in [4.69, 9.17) is 21.7 Å². The lowest BCUT2D eigenvalue weighted by Gasteiger charge is -2.18.